The number of hydrogen-bond donors (Lipinski definition) is 2. The van der Waals surface area contributed by atoms with Gasteiger partial charge in [-0.15, -0.1) is 0 Å². The maximum atomic E-state index is 10.8. The van der Waals surface area contributed by atoms with Gasteiger partial charge in [-0.2, -0.15) is 0 Å². The second-order valence-corrected chi connectivity index (χ2v) is 4.44. The lowest BCUT2D eigenvalue weighted by Gasteiger charge is -2.19. The third kappa shape index (κ3) is 4.18. The smallest absolute Gasteiger partial charge is 0.335 e. The molecule has 0 aliphatic carbocycles. The molecule has 0 fully saturated rings. The quantitative estimate of drug-likeness (QED) is 0.801. The summed E-state index contributed by atoms with van der Waals surface area (Å²) in [5.41, 5.74) is 1.10. The minimum atomic E-state index is -0.960. The van der Waals surface area contributed by atoms with Gasteiger partial charge in [0, 0.05) is 13.1 Å². The van der Waals surface area contributed by atoms with Gasteiger partial charge in [-0.3, -0.25) is 4.79 Å². The Labute approximate surface area is 106 Å². The number of nitrogens with zero attached hydrogens (tertiary/aromatic N) is 1. The van der Waals surface area contributed by atoms with Crippen LogP contribution >= 0.6 is 0 Å². The van der Waals surface area contributed by atoms with E-state index in [2.05, 4.69) is 0 Å². The Morgan fingerprint density at radius 3 is 2.56 bits per heavy atom. The van der Waals surface area contributed by atoms with Gasteiger partial charge in [-0.1, -0.05) is 19.1 Å². The van der Waals surface area contributed by atoms with E-state index in [1.807, 2.05) is 18.0 Å². The van der Waals surface area contributed by atoms with E-state index in [0.29, 0.717) is 13.1 Å². The maximum Gasteiger partial charge on any atom is 0.335 e. The van der Waals surface area contributed by atoms with Crippen LogP contribution in [0.25, 0.3) is 0 Å². The van der Waals surface area contributed by atoms with Crippen LogP contribution in [-0.2, 0) is 11.3 Å². The zero-order valence-electron chi connectivity index (χ0n) is 10.5. The number of hydrogen-bond acceptors (Lipinski definition) is 3. The van der Waals surface area contributed by atoms with Gasteiger partial charge in [0.05, 0.1) is 11.5 Å². The van der Waals surface area contributed by atoms with E-state index in [4.69, 9.17) is 10.2 Å². The van der Waals surface area contributed by atoms with Gasteiger partial charge in [0.1, 0.15) is 0 Å². The summed E-state index contributed by atoms with van der Waals surface area (Å²) >= 11 is 0. The highest BCUT2D eigenvalue weighted by molar-refractivity contribution is 5.87. The molecule has 0 saturated heterocycles. The fourth-order valence-electron chi connectivity index (χ4n) is 1.72. The van der Waals surface area contributed by atoms with Crippen LogP contribution in [0.2, 0.25) is 0 Å². The monoisotopic (exact) mass is 251 g/mol. The van der Waals surface area contributed by atoms with Crippen LogP contribution in [0.1, 0.15) is 22.8 Å². The average Bonchev–Trinajstić information content (AvgIpc) is 2.28. The molecule has 1 atom stereocenters. The topological polar surface area (TPSA) is 77.8 Å². The van der Waals surface area contributed by atoms with Gasteiger partial charge in [0.2, 0.25) is 0 Å². The lowest BCUT2D eigenvalue weighted by Crippen LogP contribution is -2.28. The van der Waals surface area contributed by atoms with Crippen LogP contribution in [0.5, 0.6) is 0 Å². The molecule has 0 radical (unpaired) electrons. The van der Waals surface area contributed by atoms with E-state index in [9.17, 15) is 9.59 Å². The zero-order valence-corrected chi connectivity index (χ0v) is 10.5. The number of carbonyl (C=O) groups is 2. The number of carboxylic acids is 2. The standard InChI is InChI=1S/C13H17NO4/c1-9(12(15)16)7-14(2)8-10-4-3-5-11(6-10)13(17)18/h3-6,9H,7-8H2,1-2H3,(H,15,16)(H,17,18). The van der Waals surface area contributed by atoms with Gasteiger partial charge in [-0.05, 0) is 24.7 Å². The van der Waals surface area contributed by atoms with Crippen LogP contribution < -0.4 is 0 Å². The molecule has 1 rings (SSSR count). The summed E-state index contributed by atoms with van der Waals surface area (Å²) in [5, 5.41) is 17.7. The highest BCUT2D eigenvalue weighted by Gasteiger charge is 2.14. The van der Waals surface area contributed by atoms with Gasteiger partial charge < -0.3 is 15.1 Å². The summed E-state index contributed by atoms with van der Waals surface area (Å²) in [6, 6.07) is 6.65. The van der Waals surface area contributed by atoms with Crippen molar-refractivity contribution in [3.05, 3.63) is 35.4 Å². The first-order chi connectivity index (χ1) is 8.40. The normalized spacial score (nSPS) is 12.4. The Kier molecular flexibility index (Phi) is 4.85. The van der Waals surface area contributed by atoms with E-state index in [0.717, 1.165) is 5.56 Å². The largest absolute Gasteiger partial charge is 0.481 e. The second kappa shape index (κ2) is 6.16. The molecule has 1 aromatic rings. The average molecular weight is 251 g/mol. The number of carboxylic acid groups (broad SMARTS) is 2. The summed E-state index contributed by atoms with van der Waals surface area (Å²) in [7, 11) is 1.81. The van der Waals surface area contributed by atoms with Crippen molar-refractivity contribution < 1.29 is 19.8 Å². The van der Waals surface area contributed by atoms with Crippen molar-refractivity contribution in [3.8, 4) is 0 Å². The minimum absolute atomic E-state index is 0.243. The lowest BCUT2D eigenvalue weighted by atomic mass is 10.1. The van der Waals surface area contributed by atoms with Crippen LogP contribution in [-0.4, -0.2) is 40.6 Å². The van der Waals surface area contributed by atoms with Gasteiger partial charge in [-0.25, -0.2) is 4.79 Å². The number of benzene rings is 1. The van der Waals surface area contributed by atoms with E-state index in [-0.39, 0.29) is 5.56 Å². The second-order valence-electron chi connectivity index (χ2n) is 4.44. The molecule has 1 unspecified atom stereocenters. The van der Waals surface area contributed by atoms with E-state index in [1.165, 1.54) is 6.07 Å². The Morgan fingerprint density at radius 2 is 2.00 bits per heavy atom. The first-order valence-corrected chi connectivity index (χ1v) is 5.63. The Balaban J connectivity index is 2.64. The van der Waals surface area contributed by atoms with Crippen molar-refractivity contribution in [2.75, 3.05) is 13.6 Å². The highest BCUT2D eigenvalue weighted by atomic mass is 16.4. The third-order valence-electron chi connectivity index (χ3n) is 2.63. The molecule has 0 spiro atoms. The minimum Gasteiger partial charge on any atom is -0.481 e. The summed E-state index contributed by atoms with van der Waals surface area (Å²) in [6.07, 6.45) is 0. The zero-order chi connectivity index (χ0) is 13.7. The molecule has 0 bridgehead atoms. The van der Waals surface area contributed by atoms with Crippen molar-refractivity contribution in [2.24, 2.45) is 5.92 Å². The van der Waals surface area contributed by atoms with Crippen LogP contribution in [0.15, 0.2) is 24.3 Å². The maximum absolute atomic E-state index is 10.8. The summed E-state index contributed by atoms with van der Waals surface area (Å²) in [5.74, 6) is -2.24. The van der Waals surface area contributed by atoms with Crippen molar-refractivity contribution in [1.82, 2.24) is 4.90 Å². The van der Waals surface area contributed by atoms with Crippen molar-refractivity contribution >= 4 is 11.9 Å². The molecule has 0 saturated carbocycles. The third-order valence-corrected chi connectivity index (χ3v) is 2.63. The fourth-order valence-corrected chi connectivity index (χ4v) is 1.72. The van der Waals surface area contributed by atoms with Gasteiger partial charge in [0.25, 0.3) is 0 Å². The SMILES string of the molecule is CC(CN(C)Cc1cccc(C(=O)O)c1)C(=O)O. The predicted molar refractivity (Wildman–Crippen MR) is 66.5 cm³/mol. The van der Waals surface area contributed by atoms with Crippen LogP contribution in [0, 0.1) is 5.92 Å². The molecule has 1 aromatic carbocycles. The molecule has 18 heavy (non-hydrogen) atoms. The van der Waals surface area contributed by atoms with Crippen molar-refractivity contribution in [1.29, 1.82) is 0 Å². The van der Waals surface area contributed by atoms with E-state index in [1.54, 1.807) is 19.1 Å². The summed E-state index contributed by atoms with van der Waals surface area (Å²) in [4.78, 5) is 23.4. The van der Waals surface area contributed by atoms with Crippen molar-refractivity contribution in [2.45, 2.75) is 13.5 Å². The van der Waals surface area contributed by atoms with Gasteiger partial charge >= 0.3 is 11.9 Å². The first kappa shape index (κ1) is 14.2. The Hall–Kier alpha value is -1.88. The molecule has 5 nitrogen and oxygen atoms in total. The summed E-state index contributed by atoms with van der Waals surface area (Å²) in [6.45, 7) is 2.60. The Bertz CT molecular complexity index is 444. The lowest BCUT2D eigenvalue weighted by molar-refractivity contribution is -0.141. The highest BCUT2D eigenvalue weighted by Crippen LogP contribution is 2.09. The predicted octanol–water partition coefficient (Wildman–Crippen LogP) is 1.54. The molecular formula is C13H17NO4. The first-order valence-electron chi connectivity index (χ1n) is 5.63. The fraction of sp³-hybridized carbons (Fsp3) is 0.385. The molecule has 0 aromatic heterocycles. The number of aromatic carboxylic acids is 1. The molecule has 0 aliphatic rings. The van der Waals surface area contributed by atoms with Gasteiger partial charge in [0.15, 0.2) is 0 Å². The molecule has 0 heterocycles. The van der Waals surface area contributed by atoms with E-state index < -0.39 is 17.9 Å². The van der Waals surface area contributed by atoms with Crippen LogP contribution in [0.3, 0.4) is 0 Å². The molecule has 2 N–H and O–H groups in total. The molecule has 0 aliphatic heterocycles. The molecule has 5 heteroatoms. The Morgan fingerprint density at radius 1 is 1.33 bits per heavy atom. The number of aliphatic carboxylic acids is 1. The summed E-state index contributed by atoms with van der Waals surface area (Å²) < 4.78 is 0. The molecular weight excluding hydrogens is 234 g/mol. The van der Waals surface area contributed by atoms with Crippen LogP contribution in [0.4, 0.5) is 0 Å². The van der Waals surface area contributed by atoms with Crippen molar-refractivity contribution in [3.63, 3.8) is 0 Å². The number of rotatable bonds is 6. The molecule has 98 valence electrons. The molecule has 0 amide bonds. The van der Waals surface area contributed by atoms with E-state index >= 15 is 0 Å².